The third-order valence-electron chi connectivity index (χ3n) is 1.10. The van der Waals surface area contributed by atoms with Crippen LogP contribution in [0.4, 0.5) is 0 Å². The number of hydrogen-bond donors (Lipinski definition) is 1. The van der Waals surface area contributed by atoms with Crippen LogP contribution in [0.5, 0.6) is 0 Å². The second-order valence-electron chi connectivity index (χ2n) is 1.96. The highest BCUT2D eigenvalue weighted by molar-refractivity contribution is 6.28. The van der Waals surface area contributed by atoms with Crippen molar-refractivity contribution in [3.05, 3.63) is 24.2 Å². The summed E-state index contributed by atoms with van der Waals surface area (Å²) < 4.78 is 9.11. The van der Waals surface area contributed by atoms with Crippen molar-refractivity contribution in [2.45, 2.75) is 6.61 Å². The number of esters is 1. The number of ether oxygens (including phenoxy) is 1. The van der Waals surface area contributed by atoms with Crippen molar-refractivity contribution < 1.29 is 23.8 Å². The van der Waals surface area contributed by atoms with E-state index < -0.39 is 11.9 Å². The highest BCUT2D eigenvalue weighted by atomic mass is 16.6. The topological polar surface area (TPSA) is 76.7 Å². The van der Waals surface area contributed by atoms with E-state index in [2.05, 4.69) is 4.74 Å². The second kappa shape index (κ2) is 3.56. The molecule has 0 aliphatic carbocycles. The van der Waals surface area contributed by atoms with Gasteiger partial charge in [0.05, 0.1) is 6.26 Å². The van der Waals surface area contributed by atoms with Crippen molar-refractivity contribution >= 4 is 11.9 Å². The predicted molar refractivity (Wildman–Crippen MR) is 36.1 cm³/mol. The molecule has 0 saturated carbocycles. The monoisotopic (exact) mass is 170 g/mol. The van der Waals surface area contributed by atoms with Crippen LogP contribution in [0.15, 0.2) is 22.8 Å². The van der Waals surface area contributed by atoms with Crippen LogP contribution in [0.2, 0.25) is 0 Å². The van der Waals surface area contributed by atoms with Crippen LogP contribution in [-0.4, -0.2) is 17.0 Å². The fourth-order valence-electron chi connectivity index (χ4n) is 0.593. The summed E-state index contributed by atoms with van der Waals surface area (Å²) in [4.78, 5) is 20.3. The molecule has 5 heteroatoms. The minimum absolute atomic E-state index is 0.155. The van der Waals surface area contributed by atoms with Crippen LogP contribution in [0.25, 0.3) is 0 Å². The van der Waals surface area contributed by atoms with E-state index in [-0.39, 0.29) is 6.61 Å². The summed E-state index contributed by atoms with van der Waals surface area (Å²) >= 11 is 0. The van der Waals surface area contributed by atoms with Crippen molar-refractivity contribution in [3.63, 3.8) is 0 Å². The van der Waals surface area contributed by atoms with Crippen molar-refractivity contribution in [2.24, 2.45) is 0 Å². The predicted octanol–water partition coefficient (Wildman–Crippen LogP) is 0.407. The summed E-state index contributed by atoms with van der Waals surface area (Å²) in [5.41, 5.74) is 0. The first-order chi connectivity index (χ1) is 5.70. The molecule has 0 fully saturated rings. The summed E-state index contributed by atoms with van der Waals surface area (Å²) in [6.45, 7) is -0.155. The zero-order valence-corrected chi connectivity index (χ0v) is 6.02. The summed E-state index contributed by atoms with van der Waals surface area (Å²) in [5, 5.41) is 8.11. The maximum atomic E-state index is 10.4. The van der Waals surface area contributed by atoms with Gasteiger partial charge in [-0.2, -0.15) is 0 Å². The van der Waals surface area contributed by atoms with E-state index in [4.69, 9.17) is 9.52 Å². The molecule has 0 aliphatic rings. The van der Waals surface area contributed by atoms with Crippen LogP contribution in [0.1, 0.15) is 5.76 Å². The lowest BCUT2D eigenvalue weighted by molar-refractivity contribution is -0.165. The zero-order chi connectivity index (χ0) is 8.97. The molecular formula is C7H6O5. The summed E-state index contributed by atoms with van der Waals surface area (Å²) in [7, 11) is 0. The van der Waals surface area contributed by atoms with Gasteiger partial charge in [-0.3, -0.25) is 0 Å². The number of aliphatic carboxylic acids is 1. The van der Waals surface area contributed by atoms with Crippen molar-refractivity contribution in [1.82, 2.24) is 0 Å². The molecule has 1 aromatic heterocycles. The molecule has 12 heavy (non-hydrogen) atoms. The van der Waals surface area contributed by atoms with Gasteiger partial charge in [0.1, 0.15) is 12.4 Å². The zero-order valence-electron chi connectivity index (χ0n) is 6.02. The molecule has 0 aromatic carbocycles. The highest BCUT2D eigenvalue weighted by Gasteiger charge is 2.12. The molecule has 0 spiro atoms. The summed E-state index contributed by atoms with van der Waals surface area (Å²) in [6, 6.07) is 3.19. The van der Waals surface area contributed by atoms with Crippen LogP contribution in [0, 0.1) is 0 Å². The molecule has 5 nitrogen and oxygen atoms in total. The van der Waals surface area contributed by atoms with E-state index in [1.807, 2.05) is 0 Å². The summed E-state index contributed by atoms with van der Waals surface area (Å²) in [6.07, 6.45) is 1.41. The van der Waals surface area contributed by atoms with E-state index in [9.17, 15) is 9.59 Å². The Morgan fingerprint density at radius 3 is 2.83 bits per heavy atom. The van der Waals surface area contributed by atoms with E-state index in [1.54, 1.807) is 12.1 Å². The Hall–Kier alpha value is -1.78. The number of furan rings is 1. The Balaban J connectivity index is 2.37. The van der Waals surface area contributed by atoms with Gasteiger partial charge in [-0.1, -0.05) is 0 Å². The first-order valence-electron chi connectivity index (χ1n) is 3.12. The Morgan fingerprint density at radius 2 is 2.33 bits per heavy atom. The standard InChI is InChI=1S/C7H6O5/c8-6(9)7(10)12-4-5-2-1-3-11-5/h1-3H,4H2,(H,8,9). The first kappa shape index (κ1) is 8.32. The van der Waals surface area contributed by atoms with Gasteiger partial charge in [-0.05, 0) is 12.1 Å². The SMILES string of the molecule is O=C(O)C(=O)OCc1ccco1. The van der Waals surface area contributed by atoms with Gasteiger partial charge in [0.15, 0.2) is 0 Å². The molecule has 0 unspecified atom stereocenters. The van der Waals surface area contributed by atoms with E-state index in [0.29, 0.717) is 5.76 Å². The molecule has 1 aromatic rings. The van der Waals surface area contributed by atoms with Crippen LogP contribution in [0.3, 0.4) is 0 Å². The van der Waals surface area contributed by atoms with Gasteiger partial charge >= 0.3 is 11.9 Å². The number of carboxylic acids is 1. The largest absolute Gasteiger partial charge is 0.473 e. The van der Waals surface area contributed by atoms with Crippen molar-refractivity contribution in [1.29, 1.82) is 0 Å². The van der Waals surface area contributed by atoms with Crippen molar-refractivity contribution in [3.8, 4) is 0 Å². The lowest BCUT2D eigenvalue weighted by Gasteiger charge is -1.96. The average Bonchev–Trinajstić information content (AvgIpc) is 2.51. The molecule has 1 rings (SSSR count). The molecule has 0 saturated heterocycles. The molecule has 0 amide bonds. The lowest BCUT2D eigenvalue weighted by atomic mass is 10.5. The Morgan fingerprint density at radius 1 is 1.58 bits per heavy atom. The highest BCUT2D eigenvalue weighted by Crippen LogP contribution is 2.01. The fraction of sp³-hybridized carbons (Fsp3) is 0.143. The fourth-order valence-corrected chi connectivity index (χ4v) is 0.593. The van der Waals surface area contributed by atoms with Crippen LogP contribution >= 0.6 is 0 Å². The molecule has 1 N–H and O–H groups in total. The Bertz CT molecular complexity index is 274. The van der Waals surface area contributed by atoms with Gasteiger partial charge in [-0.15, -0.1) is 0 Å². The molecule has 0 atom stereocenters. The van der Waals surface area contributed by atoms with Gasteiger partial charge in [0.25, 0.3) is 0 Å². The number of carbonyl (C=O) groups excluding carboxylic acids is 1. The second-order valence-corrected chi connectivity index (χ2v) is 1.96. The third kappa shape index (κ3) is 2.12. The number of carbonyl (C=O) groups is 2. The normalized spacial score (nSPS) is 9.33. The van der Waals surface area contributed by atoms with Gasteiger partial charge < -0.3 is 14.3 Å². The molecule has 64 valence electrons. The third-order valence-corrected chi connectivity index (χ3v) is 1.10. The Kier molecular flexibility index (Phi) is 2.47. The van der Waals surface area contributed by atoms with Crippen molar-refractivity contribution in [2.75, 3.05) is 0 Å². The maximum Gasteiger partial charge on any atom is 0.417 e. The average molecular weight is 170 g/mol. The van der Waals surface area contributed by atoms with Gasteiger partial charge in [-0.25, -0.2) is 9.59 Å². The minimum atomic E-state index is -1.61. The minimum Gasteiger partial charge on any atom is -0.473 e. The van der Waals surface area contributed by atoms with E-state index >= 15 is 0 Å². The lowest BCUT2D eigenvalue weighted by Crippen LogP contribution is -2.15. The van der Waals surface area contributed by atoms with E-state index in [1.165, 1.54) is 6.26 Å². The number of hydrogen-bond acceptors (Lipinski definition) is 4. The maximum absolute atomic E-state index is 10.4. The smallest absolute Gasteiger partial charge is 0.417 e. The molecule has 0 aliphatic heterocycles. The molecule has 0 radical (unpaired) electrons. The Labute approximate surface area is 67.6 Å². The molecular weight excluding hydrogens is 164 g/mol. The van der Waals surface area contributed by atoms with Crippen LogP contribution in [-0.2, 0) is 20.9 Å². The molecule has 0 bridgehead atoms. The van der Waals surface area contributed by atoms with Gasteiger partial charge in [0, 0.05) is 0 Å². The first-order valence-corrected chi connectivity index (χ1v) is 3.12. The quantitative estimate of drug-likeness (QED) is 0.513. The molecule has 1 heterocycles. The van der Waals surface area contributed by atoms with Gasteiger partial charge in [0.2, 0.25) is 0 Å². The number of rotatable bonds is 2. The summed E-state index contributed by atoms with van der Waals surface area (Å²) in [5.74, 6) is -2.49. The van der Waals surface area contributed by atoms with E-state index in [0.717, 1.165) is 0 Å². The number of carboxylic acid groups (broad SMARTS) is 1. The van der Waals surface area contributed by atoms with Crippen LogP contribution < -0.4 is 0 Å².